The largest absolute Gasteiger partial charge is 0.293 e. The molecule has 0 atom stereocenters. The lowest BCUT2D eigenvalue weighted by molar-refractivity contribution is 0.101. The molecule has 1 heterocycles. The second-order valence-corrected chi connectivity index (χ2v) is 2.12. The fraction of sp³-hybridized carbons (Fsp3) is 0.286. The van der Waals surface area contributed by atoms with Crippen molar-refractivity contribution >= 4 is 13.6 Å². The van der Waals surface area contributed by atoms with Gasteiger partial charge < -0.3 is 0 Å². The van der Waals surface area contributed by atoms with Crippen LogP contribution in [0.4, 0.5) is 0 Å². The van der Waals surface area contributed by atoms with Crippen LogP contribution in [0.25, 0.3) is 0 Å². The highest BCUT2D eigenvalue weighted by Crippen LogP contribution is 2.01. The number of carbonyl (C=O) groups excluding carboxylic acids is 1. The van der Waals surface area contributed by atoms with E-state index in [1.807, 2.05) is 0 Å². The first kappa shape index (κ1) is 7.92. The quantitative estimate of drug-likeness (QED) is 0.452. The SMILES string of the molecule is [B]CC(=O)c1nccnc1C. The molecule has 1 aromatic rings. The predicted octanol–water partition coefficient (Wildman–Crippen LogP) is 0.555. The summed E-state index contributed by atoms with van der Waals surface area (Å²) in [4.78, 5) is 18.8. The van der Waals surface area contributed by atoms with Gasteiger partial charge in [-0.15, -0.1) is 0 Å². The van der Waals surface area contributed by atoms with Crippen molar-refractivity contribution in [3.05, 3.63) is 23.8 Å². The topological polar surface area (TPSA) is 42.9 Å². The third kappa shape index (κ3) is 1.64. The summed E-state index contributed by atoms with van der Waals surface area (Å²) >= 11 is 0. The van der Waals surface area contributed by atoms with Gasteiger partial charge in [0.2, 0.25) is 0 Å². The molecule has 54 valence electrons. The van der Waals surface area contributed by atoms with Crippen molar-refractivity contribution in [2.75, 3.05) is 0 Å². The number of Topliss-reactive ketones (excluding diaryl/α,β-unsaturated/α-hetero) is 1. The number of aryl methyl sites for hydroxylation is 1. The summed E-state index contributed by atoms with van der Waals surface area (Å²) in [5, 5.41) is 0. The van der Waals surface area contributed by atoms with Gasteiger partial charge in [0, 0.05) is 12.4 Å². The van der Waals surface area contributed by atoms with Crippen molar-refractivity contribution in [3.8, 4) is 0 Å². The second kappa shape index (κ2) is 3.28. The molecule has 4 heteroatoms. The monoisotopic (exact) mass is 146 g/mol. The maximum absolute atomic E-state index is 11.0. The lowest BCUT2D eigenvalue weighted by atomic mass is 9.98. The molecule has 0 amide bonds. The smallest absolute Gasteiger partial charge is 0.174 e. The Morgan fingerprint density at radius 3 is 2.73 bits per heavy atom. The summed E-state index contributed by atoms with van der Waals surface area (Å²) in [5.41, 5.74) is 0.998. The molecule has 0 bridgehead atoms. The van der Waals surface area contributed by atoms with Crippen LogP contribution in [0.15, 0.2) is 12.4 Å². The maximum Gasteiger partial charge on any atom is 0.174 e. The van der Waals surface area contributed by atoms with E-state index in [4.69, 9.17) is 7.85 Å². The Morgan fingerprint density at radius 1 is 1.55 bits per heavy atom. The highest BCUT2D eigenvalue weighted by atomic mass is 16.1. The number of ketones is 1. The van der Waals surface area contributed by atoms with E-state index >= 15 is 0 Å². The van der Waals surface area contributed by atoms with Crippen LogP contribution in [-0.4, -0.2) is 23.6 Å². The molecule has 0 aliphatic carbocycles. The van der Waals surface area contributed by atoms with Gasteiger partial charge in [0.05, 0.1) is 13.5 Å². The first-order valence-corrected chi connectivity index (χ1v) is 3.26. The highest BCUT2D eigenvalue weighted by Gasteiger charge is 2.06. The number of rotatable bonds is 2. The van der Waals surface area contributed by atoms with Gasteiger partial charge in [0.25, 0.3) is 0 Å². The molecule has 3 nitrogen and oxygen atoms in total. The van der Waals surface area contributed by atoms with Gasteiger partial charge >= 0.3 is 0 Å². The minimum absolute atomic E-state index is 0.0144. The zero-order valence-corrected chi connectivity index (χ0v) is 6.24. The zero-order chi connectivity index (χ0) is 8.27. The molecule has 0 spiro atoms. The van der Waals surface area contributed by atoms with Gasteiger partial charge in [0.1, 0.15) is 5.69 Å². The van der Waals surface area contributed by atoms with E-state index in [1.165, 1.54) is 6.20 Å². The molecule has 0 saturated heterocycles. The molecular formula is C7H7BN2O. The predicted molar refractivity (Wildman–Crippen MR) is 41.7 cm³/mol. The van der Waals surface area contributed by atoms with Crippen molar-refractivity contribution in [1.29, 1.82) is 0 Å². The summed E-state index contributed by atoms with van der Waals surface area (Å²) < 4.78 is 0. The molecule has 0 aromatic carbocycles. The minimum atomic E-state index is -0.171. The lowest BCUT2D eigenvalue weighted by Gasteiger charge is -1.98. The number of nitrogens with zero attached hydrogens (tertiary/aromatic N) is 2. The summed E-state index contributed by atoms with van der Waals surface area (Å²) in [6.07, 6.45) is 3.01. The van der Waals surface area contributed by atoms with Gasteiger partial charge in [-0.25, -0.2) is 4.98 Å². The minimum Gasteiger partial charge on any atom is -0.293 e. The van der Waals surface area contributed by atoms with Gasteiger partial charge in [-0.1, -0.05) is 0 Å². The van der Waals surface area contributed by atoms with Crippen LogP contribution in [-0.2, 0) is 0 Å². The van der Waals surface area contributed by atoms with Crippen LogP contribution in [0.1, 0.15) is 16.2 Å². The number of hydrogen-bond donors (Lipinski definition) is 0. The van der Waals surface area contributed by atoms with E-state index in [0.29, 0.717) is 11.4 Å². The van der Waals surface area contributed by atoms with Gasteiger partial charge in [0.15, 0.2) is 5.78 Å². The number of hydrogen-bond acceptors (Lipinski definition) is 3. The van der Waals surface area contributed by atoms with Gasteiger partial charge in [-0.05, 0) is 13.2 Å². The number of carbonyl (C=O) groups is 1. The third-order valence-electron chi connectivity index (χ3n) is 1.33. The maximum atomic E-state index is 11.0. The van der Waals surface area contributed by atoms with Crippen molar-refractivity contribution in [3.63, 3.8) is 0 Å². The van der Waals surface area contributed by atoms with Crippen molar-refractivity contribution < 1.29 is 4.79 Å². The van der Waals surface area contributed by atoms with Gasteiger partial charge in [-0.2, -0.15) is 0 Å². The van der Waals surface area contributed by atoms with E-state index < -0.39 is 0 Å². The summed E-state index contributed by atoms with van der Waals surface area (Å²) in [6, 6.07) is 0. The van der Waals surface area contributed by atoms with Crippen molar-refractivity contribution in [2.24, 2.45) is 0 Å². The Morgan fingerprint density at radius 2 is 2.18 bits per heavy atom. The first-order valence-electron chi connectivity index (χ1n) is 3.26. The molecule has 1 aromatic heterocycles. The molecule has 0 unspecified atom stereocenters. The molecule has 0 N–H and O–H groups in total. The zero-order valence-electron chi connectivity index (χ0n) is 6.24. The van der Waals surface area contributed by atoms with E-state index in [0.717, 1.165) is 0 Å². The lowest BCUT2D eigenvalue weighted by Crippen LogP contribution is -2.04. The molecule has 0 saturated carbocycles. The van der Waals surface area contributed by atoms with Crippen LogP contribution in [0.2, 0.25) is 6.32 Å². The number of aromatic nitrogens is 2. The Bertz CT molecular complexity index is 275. The molecule has 1 rings (SSSR count). The first-order chi connectivity index (χ1) is 5.25. The Hall–Kier alpha value is -1.19. The van der Waals surface area contributed by atoms with Crippen LogP contribution >= 0.6 is 0 Å². The van der Waals surface area contributed by atoms with Crippen molar-refractivity contribution in [1.82, 2.24) is 9.97 Å². The van der Waals surface area contributed by atoms with E-state index in [-0.39, 0.29) is 12.1 Å². The average molecular weight is 146 g/mol. The second-order valence-electron chi connectivity index (χ2n) is 2.12. The molecule has 0 aliphatic heterocycles. The molecular weight excluding hydrogens is 139 g/mol. The van der Waals surface area contributed by atoms with Crippen molar-refractivity contribution in [2.45, 2.75) is 13.2 Å². The summed E-state index contributed by atoms with van der Waals surface area (Å²) in [5.74, 6) is -0.171. The van der Waals surface area contributed by atoms with Gasteiger partial charge in [-0.3, -0.25) is 9.78 Å². The van der Waals surface area contributed by atoms with E-state index in [9.17, 15) is 4.79 Å². The van der Waals surface area contributed by atoms with Crippen LogP contribution < -0.4 is 0 Å². The fourth-order valence-electron chi connectivity index (χ4n) is 0.778. The third-order valence-corrected chi connectivity index (χ3v) is 1.33. The van der Waals surface area contributed by atoms with Crippen LogP contribution in [0.5, 0.6) is 0 Å². The highest BCUT2D eigenvalue weighted by molar-refractivity contribution is 6.23. The Kier molecular flexibility index (Phi) is 2.36. The standard InChI is InChI=1S/C7H7BN2O/c1-5-7(6(11)4-8)10-3-2-9-5/h2-3H,4H2,1H3. The van der Waals surface area contributed by atoms with Crippen LogP contribution in [0.3, 0.4) is 0 Å². The van der Waals surface area contributed by atoms with E-state index in [2.05, 4.69) is 9.97 Å². The Labute approximate surface area is 66.3 Å². The summed E-state index contributed by atoms with van der Waals surface area (Å²) in [6.45, 7) is 1.73. The normalized spacial score (nSPS) is 9.55. The summed E-state index contributed by atoms with van der Waals surface area (Å²) in [7, 11) is 5.16. The molecule has 0 fully saturated rings. The molecule has 0 aliphatic rings. The molecule has 11 heavy (non-hydrogen) atoms. The molecule has 2 radical (unpaired) electrons. The fourth-order valence-corrected chi connectivity index (χ4v) is 0.778. The van der Waals surface area contributed by atoms with Crippen LogP contribution in [0, 0.1) is 6.92 Å². The Balaban J connectivity index is 3.03. The van der Waals surface area contributed by atoms with E-state index in [1.54, 1.807) is 13.1 Å². The average Bonchev–Trinajstić information content (AvgIpc) is 2.04.